The minimum atomic E-state index is -0.322. The average molecular weight is 253 g/mol. The van der Waals surface area contributed by atoms with Crippen molar-refractivity contribution in [3.63, 3.8) is 0 Å². The van der Waals surface area contributed by atoms with Crippen LogP contribution in [-0.2, 0) is 9.53 Å². The highest BCUT2D eigenvalue weighted by Gasteiger charge is 2.25. The number of carbonyl (C=O) groups is 2. The lowest BCUT2D eigenvalue weighted by Gasteiger charge is -2.34. The first kappa shape index (κ1) is 14.3. The maximum absolute atomic E-state index is 11.7. The molecule has 6 nitrogen and oxygen atoms in total. The third-order valence-corrected chi connectivity index (χ3v) is 3.00. The van der Waals surface area contributed by atoms with E-state index in [-0.39, 0.29) is 24.5 Å². The second kappa shape index (κ2) is 6.84. The van der Waals surface area contributed by atoms with Gasteiger partial charge in [-0.05, 0) is 13.3 Å². The van der Waals surface area contributed by atoms with E-state index in [9.17, 15) is 9.59 Å². The fraction of sp³-hybridized carbons (Fsp3) is 0.750. The molecular weight excluding hydrogens is 234 g/mol. The van der Waals surface area contributed by atoms with Crippen molar-refractivity contribution < 1.29 is 14.3 Å². The zero-order chi connectivity index (χ0) is 13.5. The molecule has 6 heteroatoms. The summed E-state index contributed by atoms with van der Waals surface area (Å²) >= 11 is 0. The summed E-state index contributed by atoms with van der Waals surface area (Å²) in [5, 5.41) is 8.45. The SMILES string of the molecule is CCC(C)OC(=O)N1CCN(C(=O)CC#N)CC1. The van der Waals surface area contributed by atoms with E-state index in [0.717, 1.165) is 6.42 Å². The standard InChI is InChI=1S/C12H19N3O3/c1-3-10(2)18-12(17)15-8-6-14(7-9-15)11(16)4-5-13/h10H,3-4,6-9H2,1-2H3. The van der Waals surface area contributed by atoms with Crippen molar-refractivity contribution in [1.29, 1.82) is 5.26 Å². The molecule has 0 N–H and O–H groups in total. The van der Waals surface area contributed by atoms with Gasteiger partial charge in [0, 0.05) is 26.2 Å². The minimum Gasteiger partial charge on any atom is -0.446 e. The van der Waals surface area contributed by atoms with Gasteiger partial charge in [0.2, 0.25) is 5.91 Å². The Morgan fingerprint density at radius 3 is 2.33 bits per heavy atom. The number of amides is 2. The first-order valence-corrected chi connectivity index (χ1v) is 6.18. The molecule has 2 amide bonds. The number of nitriles is 1. The van der Waals surface area contributed by atoms with Gasteiger partial charge in [-0.15, -0.1) is 0 Å². The van der Waals surface area contributed by atoms with Crippen LogP contribution in [0.2, 0.25) is 0 Å². The van der Waals surface area contributed by atoms with E-state index in [2.05, 4.69) is 0 Å². The second-order valence-electron chi connectivity index (χ2n) is 4.31. The summed E-state index contributed by atoms with van der Waals surface area (Å²) in [6, 6.07) is 1.84. The molecule has 1 fully saturated rings. The lowest BCUT2D eigenvalue weighted by molar-refractivity contribution is -0.131. The van der Waals surface area contributed by atoms with Crippen LogP contribution in [0.1, 0.15) is 26.7 Å². The van der Waals surface area contributed by atoms with Gasteiger partial charge >= 0.3 is 6.09 Å². The molecule has 1 unspecified atom stereocenters. The summed E-state index contributed by atoms with van der Waals surface area (Å²) in [7, 11) is 0. The summed E-state index contributed by atoms with van der Waals surface area (Å²) in [4.78, 5) is 26.4. The summed E-state index contributed by atoms with van der Waals surface area (Å²) in [5.41, 5.74) is 0. The molecule has 0 radical (unpaired) electrons. The Hall–Kier alpha value is -1.77. The number of nitrogens with zero attached hydrogens (tertiary/aromatic N) is 3. The van der Waals surface area contributed by atoms with Crippen LogP contribution in [0.15, 0.2) is 0 Å². The minimum absolute atomic E-state index is 0.0873. The fourth-order valence-electron chi connectivity index (χ4n) is 1.65. The predicted molar refractivity (Wildman–Crippen MR) is 64.6 cm³/mol. The van der Waals surface area contributed by atoms with Crippen molar-refractivity contribution in [3.8, 4) is 6.07 Å². The van der Waals surface area contributed by atoms with Gasteiger partial charge in [-0.25, -0.2) is 4.79 Å². The van der Waals surface area contributed by atoms with Gasteiger partial charge in [-0.2, -0.15) is 5.26 Å². The number of carbonyl (C=O) groups excluding carboxylic acids is 2. The molecule has 0 saturated carbocycles. The quantitative estimate of drug-likeness (QED) is 0.751. The van der Waals surface area contributed by atoms with Crippen LogP contribution in [0.25, 0.3) is 0 Å². The molecule has 0 spiro atoms. The molecule has 0 bridgehead atoms. The second-order valence-corrected chi connectivity index (χ2v) is 4.31. The van der Waals surface area contributed by atoms with Crippen LogP contribution in [-0.4, -0.2) is 54.1 Å². The molecule has 0 aromatic rings. The Labute approximate surface area is 107 Å². The Balaban J connectivity index is 2.37. The fourth-order valence-corrected chi connectivity index (χ4v) is 1.65. The highest BCUT2D eigenvalue weighted by atomic mass is 16.6. The van der Waals surface area contributed by atoms with Crippen molar-refractivity contribution in [3.05, 3.63) is 0 Å². The highest BCUT2D eigenvalue weighted by molar-refractivity contribution is 5.78. The summed E-state index contributed by atoms with van der Waals surface area (Å²) in [6.45, 7) is 5.67. The number of ether oxygens (including phenoxy) is 1. The van der Waals surface area contributed by atoms with E-state index < -0.39 is 0 Å². The van der Waals surface area contributed by atoms with Crippen LogP contribution in [0.3, 0.4) is 0 Å². The van der Waals surface area contributed by atoms with Crippen LogP contribution in [0.5, 0.6) is 0 Å². The highest BCUT2D eigenvalue weighted by Crippen LogP contribution is 2.07. The van der Waals surface area contributed by atoms with Crippen molar-refractivity contribution in [1.82, 2.24) is 9.80 Å². The van der Waals surface area contributed by atoms with Gasteiger partial charge in [0.1, 0.15) is 12.5 Å². The zero-order valence-corrected chi connectivity index (χ0v) is 10.9. The lowest BCUT2D eigenvalue weighted by Crippen LogP contribution is -2.51. The predicted octanol–water partition coefficient (Wildman–Crippen LogP) is 0.979. The molecule has 1 atom stereocenters. The zero-order valence-electron chi connectivity index (χ0n) is 10.9. The molecule has 100 valence electrons. The molecule has 1 aliphatic heterocycles. The molecular formula is C12H19N3O3. The Kier molecular flexibility index (Phi) is 5.43. The third kappa shape index (κ3) is 3.91. The van der Waals surface area contributed by atoms with Gasteiger partial charge in [-0.1, -0.05) is 6.92 Å². The molecule has 1 saturated heterocycles. The van der Waals surface area contributed by atoms with Gasteiger partial charge in [0.05, 0.1) is 6.07 Å². The van der Waals surface area contributed by atoms with Crippen LogP contribution < -0.4 is 0 Å². The van der Waals surface area contributed by atoms with Crippen molar-refractivity contribution in [2.24, 2.45) is 0 Å². The van der Waals surface area contributed by atoms with Crippen LogP contribution in [0.4, 0.5) is 4.79 Å². The maximum Gasteiger partial charge on any atom is 0.410 e. The van der Waals surface area contributed by atoms with E-state index >= 15 is 0 Å². The third-order valence-electron chi connectivity index (χ3n) is 3.00. The van der Waals surface area contributed by atoms with E-state index in [0.29, 0.717) is 26.2 Å². The van der Waals surface area contributed by atoms with Crippen LogP contribution >= 0.6 is 0 Å². The molecule has 1 heterocycles. The topological polar surface area (TPSA) is 73.6 Å². The normalized spacial score (nSPS) is 16.9. The summed E-state index contributed by atoms with van der Waals surface area (Å²) < 4.78 is 5.21. The largest absolute Gasteiger partial charge is 0.446 e. The van der Waals surface area contributed by atoms with Crippen LogP contribution in [0, 0.1) is 11.3 Å². The first-order chi connectivity index (χ1) is 8.58. The van der Waals surface area contributed by atoms with E-state index in [1.54, 1.807) is 9.80 Å². The van der Waals surface area contributed by atoms with E-state index in [1.807, 2.05) is 19.9 Å². The lowest BCUT2D eigenvalue weighted by atomic mass is 10.3. The maximum atomic E-state index is 11.7. The Bertz CT molecular complexity index is 343. The van der Waals surface area contributed by atoms with Crippen molar-refractivity contribution in [2.75, 3.05) is 26.2 Å². The monoisotopic (exact) mass is 253 g/mol. The van der Waals surface area contributed by atoms with Gasteiger partial charge in [0.25, 0.3) is 0 Å². The molecule has 0 aromatic heterocycles. The first-order valence-electron chi connectivity index (χ1n) is 6.18. The average Bonchev–Trinajstić information content (AvgIpc) is 2.39. The molecule has 18 heavy (non-hydrogen) atoms. The number of rotatable bonds is 3. The molecule has 1 rings (SSSR count). The number of hydrogen-bond acceptors (Lipinski definition) is 4. The number of hydrogen-bond donors (Lipinski definition) is 0. The van der Waals surface area contributed by atoms with E-state index in [4.69, 9.17) is 10.00 Å². The molecule has 0 aromatic carbocycles. The Morgan fingerprint density at radius 1 is 1.28 bits per heavy atom. The Morgan fingerprint density at radius 2 is 1.83 bits per heavy atom. The molecule has 0 aliphatic carbocycles. The van der Waals surface area contributed by atoms with Crippen molar-refractivity contribution >= 4 is 12.0 Å². The summed E-state index contributed by atoms with van der Waals surface area (Å²) in [5.74, 6) is -0.174. The van der Waals surface area contributed by atoms with Gasteiger partial charge in [-0.3, -0.25) is 4.79 Å². The van der Waals surface area contributed by atoms with Gasteiger partial charge < -0.3 is 14.5 Å². The number of piperazine rings is 1. The summed E-state index contributed by atoms with van der Waals surface area (Å²) in [6.07, 6.45) is 0.274. The van der Waals surface area contributed by atoms with Crippen molar-refractivity contribution in [2.45, 2.75) is 32.8 Å². The smallest absolute Gasteiger partial charge is 0.410 e. The van der Waals surface area contributed by atoms with Gasteiger partial charge in [0.15, 0.2) is 0 Å². The van der Waals surface area contributed by atoms with E-state index in [1.165, 1.54) is 0 Å². The molecule has 1 aliphatic rings.